The number of methoxy groups -OCH3 is 1. The molecule has 0 spiro atoms. The third kappa shape index (κ3) is 6.71. The van der Waals surface area contributed by atoms with E-state index in [4.69, 9.17) is 35.5 Å². The number of allylic oxidation sites excluding steroid dienone is 2. The van der Waals surface area contributed by atoms with Crippen LogP contribution in [0.25, 0.3) is 16.8 Å². The van der Waals surface area contributed by atoms with Crippen LogP contribution in [0.4, 0.5) is 0 Å². The molecule has 5 aromatic rings. The van der Waals surface area contributed by atoms with Gasteiger partial charge in [-0.05, 0) is 73.9 Å². The minimum Gasteiger partial charge on any atom is -0.496 e. The molecule has 0 N–H and O–H groups in total. The SMILES string of the molecule is C=CCc1cc(/C=c2/sc3n(c2=O)[C@@H](c2c(OC)ccc4ccccc24)C(C(=O)OCC)=C(C)N=3)cc(OCC)c1OCc1ccccc1Cl. The maximum absolute atomic E-state index is 14.5. The number of hydrogen-bond acceptors (Lipinski definition) is 8. The van der Waals surface area contributed by atoms with Crippen molar-refractivity contribution in [1.29, 1.82) is 0 Å². The standard InChI is InChI=1S/C40H37ClN2O6S/c1-6-13-27-20-25(21-32(47-7-2)37(27)49-23-28-15-10-12-17-30(28)41)22-33-38(44)43-36(34(39(45)48-8-3)24(4)42-40(43)50-33)35-29-16-11-9-14-26(29)18-19-31(35)46-5/h6,9-12,14-22,36H,1,7-8,13,23H2,2-5H3/b33-22+/t36-/m1/s1. The summed E-state index contributed by atoms with van der Waals surface area (Å²) < 4.78 is 25.8. The molecular weight excluding hydrogens is 672 g/mol. The van der Waals surface area contributed by atoms with Gasteiger partial charge in [-0.3, -0.25) is 9.36 Å². The molecule has 0 saturated heterocycles. The number of hydrogen-bond donors (Lipinski definition) is 0. The van der Waals surface area contributed by atoms with Crippen molar-refractivity contribution in [3.8, 4) is 17.2 Å². The van der Waals surface area contributed by atoms with E-state index in [0.29, 0.717) is 55.9 Å². The molecule has 2 heterocycles. The van der Waals surface area contributed by atoms with Crippen molar-refractivity contribution >= 4 is 45.8 Å². The fourth-order valence-electron chi connectivity index (χ4n) is 6.22. The molecule has 1 atom stereocenters. The van der Waals surface area contributed by atoms with Gasteiger partial charge in [0.1, 0.15) is 18.4 Å². The van der Waals surface area contributed by atoms with Gasteiger partial charge >= 0.3 is 5.97 Å². The Morgan fingerprint density at radius 3 is 2.52 bits per heavy atom. The fourth-order valence-corrected chi connectivity index (χ4v) is 7.45. The van der Waals surface area contributed by atoms with Crippen LogP contribution in [0, 0.1) is 0 Å². The minimum absolute atomic E-state index is 0.173. The number of fused-ring (bicyclic) bond motifs is 2. The van der Waals surface area contributed by atoms with Crippen LogP contribution in [0.5, 0.6) is 17.2 Å². The second-order valence-electron chi connectivity index (χ2n) is 11.5. The summed E-state index contributed by atoms with van der Waals surface area (Å²) in [4.78, 5) is 33.4. The lowest BCUT2D eigenvalue weighted by Gasteiger charge is -2.27. The van der Waals surface area contributed by atoms with E-state index in [1.807, 2.05) is 85.8 Å². The number of thiazole rings is 1. The summed E-state index contributed by atoms with van der Waals surface area (Å²) in [7, 11) is 1.58. The summed E-state index contributed by atoms with van der Waals surface area (Å²) >= 11 is 7.66. The zero-order chi connectivity index (χ0) is 35.4. The maximum Gasteiger partial charge on any atom is 0.338 e. The van der Waals surface area contributed by atoms with Crippen molar-refractivity contribution in [3.63, 3.8) is 0 Å². The number of nitrogens with zero attached hydrogens (tertiary/aromatic N) is 2. The number of halogens is 1. The van der Waals surface area contributed by atoms with Gasteiger partial charge in [0.15, 0.2) is 16.3 Å². The molecule has 0 bridgehead atoms. The largest absolute Gasteiger partial charge is 0.496 e. The lowest BCUT2D eigenvalue weighted by molar-refractivity contribution is -0.139. The molecular formula is C40H37ClN2O6S. The Morgan fingerprint density at radius 1 is 1.00 bits per heavy atom. The zero-order valence-electron chi connectivity index (χ0n) is 28.3. The van der Waals surface area contributed by atoms with Crippen LogP contribution >= 0.6 is 22.9 Å². The summed E-state index contributed by atoms with van der Waals surface area (Å²) in [5, 5.41) is 2.41. The molecule has 1 aliphatic heterocycles. The molecule has 0 saturated carbocycles. The minimum atomic E-state index is -0.843. The first-order chi connectivity index (χ1) is 24.3. The average Bonchev–Trinajstić information content (AvgIpc) is 3.41. The number of carbonyl (C=O) groups excluding carboxylic acids is 1. The molecule has 50 heavy (non-hydrogen) atoms. The number of ether oxygens (including phenoxy) is 4. The quantitative estimate of drug-likeness (QED) is 0.0998. The highest BCUT2D eigenvalue weighted by Crippen LogP contribution is 2.40. The fraction of sp³-hybridized carbons (Fsp3) is 0.225. The second kappa shape index (κ2) is 15.2. The lowest BCUT2D eigenvalue weighted by Crippen LogP contribution is -2.40. The first-order valence-corrected chi connectivity index (χ1v) is 17.5. The summed E-state index contributed by atoms with van der Waals surface area (Å²) in [5.74, 6) is 1.13. The van der Waals surface area contributed by atoms with Crippen LogP contribution in [0.2, 0.25) is 5.02 Å². The molecule has 6 rings (SSSR count). The number of carbonyl (C=O) groups is 1. The van der Waals surface area contributed by atoms with E-state index in [1.165, 1.54) is 11.3 Å². The summed E-state index contributed by atoms with van der Waals surface area (Å²) in [6.45, 7) is 10.2. The Labute approximate surface area is 299 Å². The highest BCUT2D eigenvalue weighted by molar-refractivity contribution is 7.07. The van der Waals surface area contributed by atoms with Crippen molar-refractivity contribution in [2.75, 3.05) is 20.3 Å². The van der Waals surface area contributed by atoms with Crippen LogP contribution in [0.3, 0.4) is 0 Å². The second-order valence-corrected chi connectivity index (χ2v) is 12.9. The normalized spacial score (nSPS) is 14.3. The third-order valence-corrected chi connectivity index (χ3v) is 9.74. The summed E-state index contributed by atoms with van der Waals surface area (Å²) in [6, 6.07) is 22.1. The first kappa shape index (κ1) is 34.7. The van der Waals surface area contributed by atoms with Gasteiger partial charge in [0, 0.05) is 21.7 Å². The summed E-state index contributed by atoms with van der Waals surface area (Å²) in [5.41, 5.74) is 3.57. The molecule has 4 aromatic carbocycles. The Balaban J connectivity index is 1.53. The third-order valence-electron chi connectivity index (χ3n) is 8.39. The Bertz CT molecular complexity index is 2320. The van der Waals surface area contributed by atoms with Crippen LogP contribution in [0.1, 0.15) is 49.1 Å². The van der Waals surface area contributed by atoms with Gasteiger partial charge in [-0.25, -0.2) is 9.79 Å². The number of rotatable bonds is 12. The molecule has 0 aliphatic carbocycles. The van der Waals surface area contributed by atoms with Gasteiger partial charge in [0.25, 0.3) is 5.56 Å². The Hall–Kier alpha value is -5.12. The van der Waals surface area contributed by atoms with E-state index in [1.54, 1.807) is 31.6 Å². The molecule has 8 nitrogen and oxygen atoms in total. The number of benzene rings is 4. The monoisotopic (exact) mass is 708 g/mol. The van der Waals surface area contributed by atoms with Crippen molar-refractivity contribution in [2.24, 2.45) is 4.99 Å². The molecule has 0 amide bonds. The predicted molar refractivity (Wildman–Crippen MR) is 198 cm³/mol. The van der Waals surface area contributed by atoms with Crippen LogP contribution in [-0.2, 0) is 22.6 Å². The van der Waals surface area contributed by atoms with E-state index >= 15 is 0 Å². The number of esters is 1. The number of aromatic nitrogens is 1. The van der Waals surface area contributed by atoms with Gasteiger partial charge < -0.3 is 18.9 Å². The van der Waals surface area contributed by atoms with Gasteiger partial charge in [-0.1, -0.05) is 77.5 Å². The van der Waals surface area contributed by atoms with Crippen LogP contribution < -0.4 is 29.1 Å². The average molecular weight is 709 g/mol. The Morgan fingerprint density at radius 2 is 1.78 bits per heavy atom. The van der Waals surface area contributed by atoms with Crippen molar-refractivity contribution in [3.05, 3.63) is 144 Å². The molecule has 0 unspecified atom stereocenters. The molecule has 1 aliphatic rings. The highest BCUT2D eigenvalue weighted by atomic mass is 35.5. The molecule has 10 heteroatoms. The topological polar surface area (TPSA) is 88.4 Å². The van der Waals surface area contributed by atoms with E-state index in [0.717, 1.165) is 27.5 Å². The van der Waals surface area contributed by atoms with E-state index in [-0.39, 0.29) is 24.3 Å². The lowest BCUT2D eigenvalue weighted by atomic mass is 9.90. The zero-order valence-corrected chi connectivity index (χ0v) is 29.9. The van der Waals surface area contributed by atoms with Crippen LogP contribution in [0.15, 0.2) is 107 Å². The van der Waals surface area contributed by atoms with Gasteiger partial charge in [-0.15, -0.1) is 6.58 Å². The van der Waals surface area contributed by atoms with Gasteiger partial charge in [0.2, 0.25) is 0 Å². The van der Waals surface area contributed by atoms with E-state index < -0.39 is 12.0 Å². The highest BCUT2D eigenvalue weighted by Gasteiger charge is 2.36. The molecule has 0 fully saturated rings. The first-order valence-electron chi connectivity index (χ1n) is 16.3. The smallest absolute Gasteiger partial charge is 0.338 e. The van der Waals surface area contributed by atoms with E-state index in [9.17, 15) is 9.59 Å². The van der Waals surface area contributed by atoms with Crippen molar-refractivity contribution in [1.82, 2.24) is 4.57 Å². The van der Waals surface area contributed by atoms with Crippen molar-refractivity contribution in [2.45, 2.75) is 39.8 Å². The molecule has 0 radical (unpaired) electrons. The predicted octanol–water partition coefficient (Wildman–Crippen LogP) is 7.32. The van der Waals surface area contributed by atoms with Gasteiger partial charge in [0.05, 0.1) is 36.1 Å². The Kier molecular flexibility index (Phi) is 10.6. The van der Waals surface area contributed by atoms with E-state index in [2.05, 4.69) is 6.58 Å². The molecule has 1 aromatic heterocycles. The molecule has 256 valence electrons. The van der Waals surface area contributed by atoms with Crippen molar-refractivity contribution < 1.29 is 23.7 Å². The maximum atomic E-state index is 14.5. The summed E-state index contributed by atoms with van der Waals surface area (Å²) in [6.07, 6.45) is 4.11. The van der Waals surface area contributed by atoms with Crippen LogP contribution in [-0.4, -0.2) is 30.9 Å². The van der Waals surface area contributed by atoms with Gasteiger partial charge in [-0.2, -0.15) is 0 Å².